The maximum atomic E-state index is 11.8. The van der Waals surface area contributed by atoms with Crippen LogP contribution >= 0.6 is 0 Å². The first kappa shape index (κ1) is 16.2. The molecule has 0 bridgehead atoms. The topological polar surface area (TPSA) is 69.8 Å². The van der Waals surface area contributed by atoms with Crippen LogP contribution in [0.2, 0.25) is 0 Å². The van der Waals surface area contributed by atoms with Crippen LogP contribution < -0.4 is 10.6 Å². The zero-order chi connectivity index (χ0) is 16.6. The molecule has 1 aromatic carbocycles. The number of amides is 1. The largest absolute Gasteiger partial charge is 0.361 e. The summed E-state index contributed by atoms with van der Waals surface area (Å²) in [5.41, 5.74) is 3.49. The quantitative estimate of drug-likeness (QED) is 0.558. The summed E-state index contributed by atoms with van der Waals surface area (Å²) in [4.78, 5) is 19.1. The van der Waals surface area contributed by atoms with Crippen molar-refractivity contribution in [1.82, 2.24) is 20.6 Å². The van der Waals surface area contributed by atoms with Gasteiger partial charge in [0.25, 0.3) is 0 Å². The Morgan fingerprint density at radius 2 is 2.04 bits per heavy atom. The fourth-order valence-electron chi connectivity index (χ4n) is 2.68. The number of carbonyl (C=O) groups excluding carboxylic acids is 1. The molecule has 24 heavy (non-hydrogen) atoms. The van der Waals surface area contributed by atoms with Crippen LogP contribution in [0.3, 0.4) is 0 Å². The Labute approximate surface area is 141 Å². The maximum Gasteiger partial charge on any atom is 0.221 e. The number of hydrogen-bond acceptors (Lipinski definition) is 3. The number of nitrogens with one attached hydrogen (secondary N) is 3. The number of rotatable bonds is 8. The third-order valence-electron chi connectivity index (χ3n) is 3.99. The number of nitrogens with zero attached hydrogens (tertiary/aromatic N) is 1. The molecule has 5 nitrogen and oxygen atoms in total. The molecule has 3 rings (SSSR count). The lowest BCUT2D eigenvalue weighted by Crippen LogP contribution is -2.28. The van der Waals surface area contributed by atoms with E-state index in [9.17, 15) is 4.79 Å². The predicted molar refractivity (Wildman–Crippen MR) is 95.6 cm³/mol. The number of H-pyrrole nitrogens is 1. The van der Waals surface area contributed by atoms with Crippen molar-refractivity contribution in [3.63, 3.8) is 0 Å². The molecule has 2 heterocycles. The fourth-order valence-corrected chi connectivity index (χ4v) is 2.68. The highest BCUT2D eigenvalue weighted by Gasteiger charge is 2.03. The standard InChI is InChI=1S/C19H22N4O/c24-19(23-13-15-4-3-9-21-12-15)8-11-20-10-7-16-14-22-18-6-2-1-5-17(16)18/h1-6,9,12,14,20,22H,7-8,10-11,13H2,(H,23,24). The molecule has 3 N–H and O–H groups in total. The van der Waals surface area contributed by atoms with Gasteiger partial charge in [-0.3, -0.25) is 9.78 Å². The SMILES string of the molecule is O=C(CCNCCc1c[nH]c2ccccc12)NCc1cccnc1. The number of benzene rings is 1. The highest BCUT2D eigenvalue weighted by atomic mass is 16.1. The first-order valence-electron chi connectivity index (χ1n) is 8.24. The number of carbonyl (C=O) groups is 1. The van der Waals surface area contributed by atoms with Crippen molar-refractivity contribution in [2.45, 2.75) is 19.4 Å². The number of aromatic amines is 1. The smallest absolute Gasteiger partial charge is 0.221 e. The Morgan fingerprint density at radius 3 is 2.92 bits per heavy atom. The summed E-state index contributed by atoms with van der Waals surface area (Å²) in [6.07, 6.45) is 6.98. The third kappa shape index (κ3) is 4.43. The van der Waals surface area contributed by atoms with Gasteiger partial charge in [0.1, 0.15) is 0 Å². The molecule has 0 saturated carbocycles. The van der Waals surface area contributed by atoms with Gasteiger partial charge in [-0.1, -0.05) is 24.3 Å². The summed E-state index contributed by atoms with van der Waals surface area (Å²) in [5, 5.41) is 7.51. The number of fused-ring (bicyclic) bond motifs is 1. The van der Waals surface area contributed by atoms with Crippen molar-refractivity contribution in [3.05, 3.63) is 66.1 Å². The van der Waals surface area contributed by atoms with Gasteiger partial charge in [0, 0.05) is 49.0 Å². The molecule has 0 spiro atoms. The van der Waals surface area contributed by atoms with Gasteiger partial charge < -0.3 is 15.6 Å². The van der Waals surface area contributed by atoms with Crippen molar-refractivity contribution in [2.24, 2.45) is 0 Å². The summed E-state index contributed by atoms with van der Waals surface area (Å²) < 4.78 is 0. The van der Waals surface area contributed by atoms with Crippen molar-refractivity contribution in [1.29, 1.82) is 0 Å². The second-order valence-electron chi connectivity index (χ2n) is 5.75. The molecule has 0 atom stereocenters. The van der Waals surface area contributed by atoms with Crippen molar-refractivity contribution < 1.29 is 4.79 Å². The molecule has 124 valence electrons. The molecule has 0 aliphatic rings. The van der Waals surface area contributed by atoms with E-state index in [-0.39, 0.29) is 5.91 Å². The van der Waals surface area contributed by atoms with Gasteiger partial charge in [0.05, 0.1) is 0 Å². The second kappa shape index (κ2) is 8.26. The van der Waals surface area contributed by atoms with Crippen molar-refractivity contribution in [3.8, 4) is 0 Å². The summed E-state index contributed by atoms with van der Waals surface area (Å²) in [7, 11) is 0. The maximum absolute atomic E-state index is 11.8. The van der Waals surface area contributed by atoms with E-state index < -0.39 is 0 Å². The molecule has 0 aliphatic heterocycles. The molecule has 3 aromatic rings. The van der Waals surface area contributed by atoms with Gasteiger partial charge in [-0.25, -0.2) is 0 Å². The van der Waals surface area contributed by atoms with Crippen LogP contribution in [0.5, 0.6) is 0 Å². The number of para-hydroxylation sites is 1. The monoisotopic (exact) mass is 322 g/mol. The van der Waals surface area contributed by atoms with Crippen LogP contribution in [0.1, 0.15) is 17.5 Å². The third-order valence-corrected chi connectivity index (χ3v) is 3.99. The van der Waals surface area contributed by atoms with E-state index in [1.807, 2.05) is 18.2 Å². The Hall–Kier alpha value is -2.66. The van der Waals surface area contributed by atoms with Crippen LogP contribution in [0.25, 0.3) is 10.9 Å². The van der Waals surface area contributed by atoms with Gasteiger partial charge in [-0.15, -0.1) is 0 Å². The average Bonchev–Trinajstić information content (AvgIpc) is 3.04. The molecule has 0 unspecified atom stereocenters. The Morgan fingerprint density at radius 1 is 1.12 bits per heavy atom. The number of hydrogen-bond donors (Lipinski definition) is 3. The van der Waals surface area contributed by atoms with E-state index in [1.165, 1.54) is 16.5 Å². The molecule has 0 radical (unpaired) electrons. The molecular formula is C19H22N4O. The molecule has 0 fully saturated rings. The average molecular weight is 322 g/mol. The van der Waals surface area contributed by atoms with Crippen LogP contribution in [0.4, 0.5) is 0 Å². The van der Waals surface area contributed by atoms with E-state index in [0.717, 1.165) is 18.5 Å². The lowest BCUT2D eigenvalue weighted by molar-refractivity contribution is -0.121. The van der Waals surface area contributed by atoms with E-state index in [1.54, 1.807) is 12.4 Å². The van der Waals surface area contributed by atoms with Crippen LogP contribution in [0.15, 0.2) is 55.0 Å². The summed E-state index contributed by atoms with van der Waals surface area (Å²) in [6, 6.07) is 12.1. The fraction of sp³-hybridized carbons (Fsp3) is 0.263. The van der Waals surface area contributed by atoms with E-state index in [2.05, 4.69) is 45.0 Å². The normalized spacial score (nSPS) is 10.8. The van der Waals surface area contributed by atoms with Gasteiger partial charge in [0.2, 0.25) is 5.91 Å². The molecular weight excluding hydrogens is 300 g/mol. The van der Waals surface area contributed by atoms with Crippen LogP contribution in [-0.2, 0) is 17.8 Å². The Bertz CT molecular complexity index is 782. The van der Waals surface area contributed by atoms with E-state index >= 15 is 0 Å². The minimum atomic E-state index is 0.0541. The zero-order valence-electron chi connectivity index (χ0n) is 13.6. The minimum Gasteiger partial charge on any atom is -0.361 e. The Kier molecular flexibility index (Phi) is 5.58. The first-order valence-corrected chi connectivity index (χ1v) is 8.24. The van der Waals surface area contributed by atoms with Crippen molar-refractivity contribution >= 4 is 16.8 Å². The van der Waals surface area contributed by atoms with E-state index in [0.29, 0.717) is 19.5 Å². The lowest BCUT2D eigenvalue weighted by Gasteiger charge is -2.06. The van der Waals surface area contributed by atoms with Crippen molar-refractivity contribution in [2.75, 3.05) is 13.1 Å². The first-order chi connectivity index (χ1) is 11.8. The van der Waals surface area contributed by atoms with Gasteiger partial charge in [0.15, 0.2) is 0 Å². The highest BCUT2D eigenvalue weighted by Crippen LogP contribution is 2.17. The number of aromatic nitrogens is 2. The van der Waals surface area contributed by atoms with E-state index in [4.69, 9.17) is 0 Å². The Balaban J connectivity index is 1.33. The summed E-state index contributed by atoms with van der Waals surface area (Å²) in [5.74, 6) is 0.0541. The van der Waals surface area contributed by atoms with Crippen LogP contribution in [-0.4, -0.2) is 29.0 Å². The van der Waals surface area contributed by atoms with Crippen LogP contribution in [0, 0.1) is 0 Å². The zero-order valence-corrected chi connectivity index (χ0v) is 13.6. The lowest BCUT2D eigenvalue weighted by atomic mass is 10.1. The van der Waals surface area contributed by atoms with Gasteiger partial charge in [-0.05, 0) is 36.2 Å². The number of pyridine rings is 1. The highest BCUT2D eigenvalue weighted by molar-refractivity contribution is 5.83. The van der Waals surface area contributed by atoms with Gasteiger partial charge >= 0.3 is 0 Å². The van der Waals surface area contributed by atoms with Gasteiger partial charge in [-0.2, -0.15) is 0 Å². The molecule has 5 heteroatoms. The second-order valence-corrected chi connectivity index (χ2v) is 5.75. The summed E-state index contributed by atoms with van der Waals surface area (Å²) >= 11 is 0. The molecule has 1 amide bonds. The molecule has 2 aromatic heterocycles. The molecule has 0 aliphatic carbocycles. The minimum absolute atomic E-state index is 0.0541. The predicted octanol–water partition coefficient (Wildman–Crippen LogP) is 2.40. The molecule has 0 saturated heterocycles. The summed E-state index contributed by atoms with van der Waals surface area (Å²) in [6.45, 7) is 2.07.